The molecule has 0 bridgehead atoms. The van der Waals surface area contributed by atoms with Crippen LogP contribution >= 0.6 is 58.0 Å². The second kappa shape index (κ2) is 8.40. The number of carbonyl (C=O) groups is 3. The van der Waals surface area contributed by atoms with Crippen LogP contribution in [-0.4, -0.2) is 28.7 Å². The number of nitrogens with zero attached hydrogens (tertiary/aromatic N) is 2. The summed E-state index contributed by atoms with van der Waals surface area (Å²) in [5.74, 6) is -2.67. The summed E-state index contributed by atoms with van der Waals surface area (Å²) in [5, 5.41) is -0.344. The quantitative estimate of drug-likeness (QED) is 0.153. The van der Waals surface area contributed by atoms with E-state index in [9.17, 15) is 18.8 Å². The summed E-state index contributed by atoms with van der Waals surface area (Å²) in [7, 11) is 0. The minimum Gasteiger partial charge on any atom is -0.300 e. The molecule has 2 atom stereocenters. The Morgan fingerprint density at radius 1 is 0.618 bits per heavy atom. The van der Waals surface area contributed by atoms with Gasteiger partial charge in [0.2, 0.25) is 0 Å². The van der Waals surface area contributed by atoms with Crippen molar-refractivity contribution in [1.29, 1.82) is 0 Å². The summed E-state index contributed by atoms with van der Waals surface area (Å²) >= 11 is 30.6. The number of carbonyl (C=O) groups excluding carboxylic acids is 3. The van der Waals surface area contributed by atoms with Gasteiger partial charge in [-0.3, -0.25) is 19.3 Å². The number of anilines is 1. The molecular formula is C23H10Cl5FN2O3. The highest BCUT2D eigenvalue weighted by atomic mass is 35.5. The maximum absolute atomic E-state index is 13.6. The summed E-state index contributed by atoms with van der Waals surface area (Å²) in [6.45, 7) is 0. The van der Waals surface area contributed by atoms with Crippen LogP contribution in [0.3, 0.4) is 0 Å². The number of fused-ring (bicyclic) bond motifs is 1. The van der Waals surface area contributed by atoms with Crippen LogP contribution in [0.2, 0.25) is 25.1 Å². The van der Waals surface area contributed by atoms with E-state index in [0.717, 1.165) is 4.90 Å². The van der Waals surface area contributed by atoms with Crippen molar-refractivity contribution in [3.63, 3.8) is 0 Å². The van der Waals surface area contributed by atoms with Gasteiger partial charge in [0.05, 0.1) is 37.3 Å². The van der Waals surface area contributed by atoms with Crippen LogP contribution in [-0.2, 0) is 4.79 Å². The fourth-order valence-corrected chi connectivity index (χ4v) is 5.37. The first kappa shape index (κ1) is 23.4. The van der Waals surface area contributed by atoms with Gasteiger partial charge in [0.15, 0.2) is 0 Å². The van der Waals surface area contributed by atoms with E-state index >= 15 is 0 Å². The Bertz CT molecular complexity index is 1350. The number of halogens is 6. The average molecular weight is 559 g/mol. The minimum atomic E-state index is -1.24. The van der Waals surface area contributed by atoms with Gasteiger partial charge in [-0.2, -0.15) is 0 Å². The molecule has 34 heavy (non-hydrogen) atoms. The summed E-state index contributed by atoms with van der Waals surface area (Å²) in [5.41, 5.74) is 0.549. The molecule has 3 amide bonds. The zero-order valence-corrected chi connectivity index (χ0v) is 20.4. The molecule has 0 spiro atoms. The van der Waals surface area contributed by atoms with Gasteiger partial charge < -0.3 is 4.90 Å². The molecule has 0 saturated carbocycles. The summed E-state index contributed by atoms with van der Waals surface area (Å²) in [6.07, 6.45) is 0. The summed E-state index contributed by atoms with van der Waals surface area (Å²) in [6, 6.07) is 9.83. The highest BCUT2D eigenvalue weighted by molar-refractivity contribution is 6.55. The zero-order valence-electron chi connectivity index (χ0n) is 16.7. The molecule has 0 aliphatic carbocycles. The van der Waals surface area contributed by atoms with E-state index in [1.54, 1.807) is 24.3 Å². The van der Waals surface area contributed by atoms with Crippen molar-refractivity contribution in [1.82, 2.24) is 4.90 Å². The van der Waals surface area contributed by atoms with Crippen LogP contribution in [0.4, 0.5) is 10.1 Å². The third-order valence-corrected chi connectivity index (χ3v) is 7.85. The number of hydrogen-bond acceptors (Lipinski definition) is 3. The Kier molecular flexibility index (Phi) is 5.78. The number of hydrogen-bond donors (Lipinski definition) is 0. The largest absolute Gasteiger partial charge is 0.300 e. The zero-order chi connectivity index (χ0) is 24.5. The number of benzene rings is 3. The Balaban J connectivity index is 1.63. The summed E-state index contributed by atoms with van der Waals surface area (Å²) in [4.78, 5) is 42.3. The predicted molar refractivity (Wildman–Crippen MR) is 129 cm³/mol. The van der Waals surface area contributed by atoms with E-state index in [4.69, 9.17) is 58.0 Å². The molecule has 172 valence electrons. The van der Waals surface area contributed by atoms with Crippen molar-refractivity contribution in [3.8, 4) is 0 Å². The fraction of sp³-hybridized carbons (Fsp3) is 0.0870. The van der Waals surface area contributed by atoms with Crippen molar-refractivity contribution >= 4 is 81.4 Å². The molecule has 2 aliphatic rings. The van der Waals surface area contributed by atoms with Crippen molar-refractivity contribution in [2.24, 2.45) is 0 Å². The SMILES string of the molecule is O=C1c2c(Cl)c(Cl)c(Cl)c(Cl)c2C(=O)N1C1C(=O)N(c2ccc(Cl)cc2)C1c1ccc(F)cc1. The fourth-order valence-electron chi connectivity index (χ4n) is 4.23. The van der Waals surface area contributed by atoms with E-state index in [-0.39, 0.29) is 31.2 Å². The van der Waals surface area contributed by atoms with E-state index in [2.05, 4.69) is 0 Å². The number of rotatable bonds is 3. The molecule has 0 N–H and O–H groups in total. The molecule has 3 aromatic carbocycles. The maximum atomic E-state index is 13.6. The Labute approximate surface area is 217 Å². The van der Waals surface area contributed by atoms with Gasteiger partial charge in [-0.1, -0.05) is 70.1 Å². The lowest BCUT2D eigenvalue weighted by atomic mass is 9.86. The lowest BCUT2D eigenvalue weighted by Crippen LogP contribution is -2.67. The molecule has 3 aromatic rings. The van der Waals surface area contributed by atoms with Crippen molar-refractivity contribution in [2.75, 3.05) is 4.90 Å². The average Bonchev–Trinajstić information content (AvgIpc) is 3.07. The molecule has 1 fully saturated rings. The van der Waals surface area contributed by atoms with Crippen LogP contribution in [0.15, 0.2) is 48.5 Å². The number of amides is 3. The van der Waals surface area contributed by atoms with Gasteiger partial charge >= 0.3 is 0 Å². The number of β-lactam (4-membered cyclic amide) rings is 1. The van der Waals surface area contributed by atoms with Crippen LogP contribution in [0.5, 0.6) is 0 Å². The van der Waals surface area contributed by atoms with Gasteiger partial charge in [0.1, 0.15) is 11.9 Å². The third-order valence-electron chi connectivity index (χ3n) is 5.79. The van der Waals surface area contributed by atoms with Gasteiger partial charge in [-0.05, 0) is 42.0 Å². The van der Waals surface area contributed by atoms with Gasteiger partial charge in [-0.25, -0.2) is 4.39 Å². The molecule has 5 rings (SSSR count). The highest BCUT2D eigenvalue weighted by Crippen LogP contribution is 2.49. The Morgan fingerprint density at radius 2 is 1.12 bits per heavy atom. The predicted octanol–water partition coefficient (Wildman–Crippen LogP) is 6.85. The lowest BCUT2D eigenvalue weighted by molar-refractivity contribution is -0.130. The first-order chi connectivity index (χ1) is 16.1. The Morgan fingerprint density at radius 3 is 1.62 bits per heavy atom. The summed E-state index contributed by atoms with van der Waals surface area (Å²) < 4.78 is 13.6. The van der Waals surface area contributed by atoms with E-state index < -0.39 is 35.6 Å². The second-order valence-electron chi connectivity index (χ2n) is 7.61. The van der Waals surface area contributed by atoms with Gasteiger partial charge in [-0.15, -0.1) is 0 Å². The van der Waals surface area contributed by atoms with E-state index in [0.29, 0.717) is 16.3 Å². The van der Waals surface area contributed by atoms with Crippen LogP contribution in [0.1, 0.15) is 32.3 Å². The maximum Gasteiger partial charge on any atom is 0.264 e. The monoisotopic (exact) mass is 556 g/mol. The first-order valence-corrected chi connectivity index (χ1v) is 11.6. The highest BCUT2D eigenvalue weighted by Gasteiger charge is 2.58. The van der Waals surface area contributed by atoms with Crippen molar-refractivity contribution < 1.29 is 18.8 Å². The topological polar surface area (TPSA) is 57.7 Å². The van der Waals surface area contributed by atoms with Crippen molar-refractivity contribution in [3.05, 3.63) is 96.2 Å². The molecule has 2 unspecified atom stereocenters. The first-order valence-electron chi connectivity index (χ1n) is 9.71. The molecule has 0 radical (unpaired) electrons. The molecule has 5 nitrogen and oxygen atoms in total. The van der Waals surface area contributed by atoms with Crippen LogP contribution in [0, 0.1) is 5.82 Å². The molecule has 11 heteroatoms. The number of imide groups is 1. The third kappa shape index (κ3) is 3.32. The molecule has 2 heterocycles. The smallest absolute Gasteiger partial charge is 0.264 e. The Hall–Kier alpha value is -2.35. The minimum absolute atomic E-state index is 0.173. The van der Waals surface area contributed by atoms with Gasteiger partial charge in [0, 0.05) is 10.7 Å². The van der Waals surface area contributed by atoms with Gasteiger partial charge in [0.25, 0.3) is 17.7 Å². The lowest BCUT2D eigenvalue weighted by Gasteiger charge is -2.49. The second-order valence-corrected chi connectivity index (χ2v) is 9.56. The van der Waals surface area contributed by atoms with Crippen LogP contribution < -0.4 is 4.90 Å². The molecule has 2 aliphatic heterocycles. The molecular weight excluding hydrogens is 549 g/mol. The normalized spacial score (nSPS) is 19.5. The van der Waals surface area contributed by atoms with E-state index in [1.165, 1.54) is 29.2 Å². The van der Waals surface area contributed by atoms with E-state index in [1.807, 2.05) is 0 Å². The van der Waals surface area contributed by atoms with Crippen molar-refractivity contribution in [2.45, 2.75) is 12.1 Å². The standard InChI is InChI=1S/C23H10Cl5FN2O3/c24-10-3-7-12(8-4-10)30-19(9-1-5-11(29)6-2-9)20(23(30)34)31-21(32)13-14(22(31)33)16(26)18(28)17(27)15(13)25/h1-8,19-20H. The molecule has 0 aromatic heterocycles. The van der Waals surface area contributed by atoms with Crippen LogP contribution in [0.25, 0.3) is 0 Å². The molecule has 1 saturated heterocycles.